The third-order valence-electron chi connectivity index (χ3n) is 16.3. The lowest BCUT2D eigenvalue weighted by Gasteiger charge is -2.22. The first-order valence-electron chi connectivity index (χ1n) is 34.4. The van der Waals surface area contributed by atoms with Gasteiger partial charge in [0, 0.05) is 12.8 Å². The monoisotopic (exact) mass is 1060 g/mol. The molecule has 0 saturated carbocycles. The summed E-state index contributed by atoms with van der Waals surface area (Å²) in [7, 11) is 0. The van der Waals surface area contributed by atoms with E-state index < -0.39 is 12.1 Å². The van der Waals surface area contributed by atoms with E-state index in [9.17, 15) is 19.8 Å². The van der Waals surface area contributed by atoms with Crippen LogP contribution in [0.2, 0.25) is 0 Å². The van der Waals surface area contributed by atoms with Crippen LogP contribution in [-0.2, 0) is 14.3 Å². The number of allylic oxidation sites excluding steroid dienone is 2. The van der Waals surface area contributed by atoms with Crippen LogP contribution in [-0.4, -0.2) is 47.4 Å². The van der Waals surface area contributed by atoms with E-state index in [-0.39, 0.29) is 18.5 Å². The highest BCUT2D eigenvalue weighted by Crippen LogP contribution is 2.19. The largest absolute Gasteiger partial charge is 0.466 e. The fourth-order valence-corrected chi connectivity index (χ4v) is 11.1. The van der Waals surface area contributed by atoms with Crippen LogP contribution in [0.3, 0.4) is 0 Å². The Morgan fingerprint density at radius 2 is 0.627 bits per heavy atom. The van der Waals surface area contributed by atoms with Gasteiger partial charge in [0.1, 0.15) is 0 Å². The quantitative estimate of drug-likeness (QED) is 0.0320. The number of amides is 1. The maximum atomic E-state index is 12.5. The highest BCUT2D eigenvalue weighted by atomic mass is 16.5. The van der Waals surface area contributed by atoms with Crippen molar-refractivity contribution in [3.8, 4) is 0 Å². The van der Waals surface area contributed by atoms with Gasteiger partial charge < -0.3 is 20.3 Å². The molecule has 0 spiro atoms. The third kappa shape index (κ3) is 61.7. The Morgan fingerprint density at radius 1 is 0.360 bits per heavy atom. The number of unbranched alkanes of at least 4 members (excludes halogenated alkanes) is 52. The van der Waals surface area contributed by atoms with Gasteiger partial charge in [-0.05, 0) is 51.4 Å². The van der Waals surface area contributed by atoms with E-state index in [1.807, 2.05) is 0 Å². The molecule has 0 fully saturated rings. The van der Waals surface area contributed by atoms with Crippen LogP contribution in [0, 0.1) is 0 Å². The van der Waals surface area contributed by atoms with Crippen LogP contribution >= 0.6 is 0 Å². The summed E-state index contributed by atoms with van der Waals surface area (Å²) in [6.45, 7) is 4.99. The molecular weight excluding hydrogens is 923 g/mol. The van der Waals surface area contributed by atoms with Gasteiger partial charge in [0.2, 0.25) is 5.91 Å². The van der Waals surface area contributed by atoms with Crippen LogP contribution in [0.4, 0.5) is 0 Å². The summed E-state index contributed by atoms with van der Waals surface area (Å²) in [5.41, 5.74) is 0. The van der Waals surface area contributed by atoms with Gasteiger partial charge in [-0.2, -0.15) is 0 Å². The molecule has 0 aromatic rings. The summed E-state index contributed by atoms with van der Waals surface area (Å²) in [6.07, 6.45) is 79.6. The van der Waals surface area contributed by atoms with Gasteiger partial charge in [-0.1, -0.05) is 341 Å². The summed E-state index contributed by atoms with van der Waals surface area (Å²) in [5.74, 6) is -0.0164. The molecule has 0 bridgehead atoms. The average Bonchev–Trinajstić information content (AvgIpc) is 3.41. The molecule has 0 aliphatic carbocycles. The summed E-state index contributed by atoms with van der Waals surface area (Å²) >= 11 is 0. The number of carbonyl (C=O) groups excluding carboxylic acids is 2. The van der Waals surface area contributed by atoms with Crippen molar-refractivity contribution in [3.63, 3.8) is 0 Å². The highest BCUT2D eigenvalue weighted by Gasteiger charge is 2.20. The van der Waals surface area contributed by atoms with Crippen LogP contribution in [0.25, 0.3) is 0 Å². The Balaban J connectivity index is 3.37. The molecule has 0 aromatic heterocycles. The Labute approximate surface area is 469 Å². The first-order valence-corrected chi connectivity index (χ1v) is 34.4. The minimum atomic E-state index is -0.666. The molecule has 1 amide bonds. The smallest absolute Gasteiger partial charge is 0.305 e. The minimum absolute atomic E-state index is 0.0179. The number of aliphatic hydroxyl groups is 2. The minimum Gasteiger partial charge on any atom is -0.466 e. The molecule has 3 N–H and O–H groups in total. The molecule has 0 radical (unpaired) electrons. The Kier molecular flexibility index (Phi) is 63.9. The molecular formula is C69H135NO5. The fourth-order valence-electron chi connectivity index (χ4n) is 11.1. The molecule has 75 heavy (non-hydrogen) atoms. The van der Waals surface area contributed by atoms with Crippen molar-refractivity contribution < 1.29 is 24.5 Å². The third-order valence-corrected chi connectivity index (χ3v) is 16.3. The number of rotatable bonds is 65. The lowest BCUT2D eigenvalue weighted by atomic mass is 10.0. The Morgan fingerprint density at radius 3 is 0.947 bits per heavy atom. The zero-order valence-electron chi connectivity index (χ0n) is 51.1. The predicted molar refractivity (Wildman–Crippen MR) is 329 cm³/mol. The van der Waals surface area contributed by atoms with E-state index in [0.717, 1.165) is 38.5 Å². The second kappa shape index (κ2) is 65.1. The van der Waals surface area contributed by atoms with Gasteiger partial charge in [-0.15, -0.1) is 0 Å². The molecule has 0 saturated heterocycles. The normalized spacial score (nSPS) is 12.5. The van der Waals surface area contributed by atoms with Crippen molar-refractivity contribution in [2.45, 2.75) is 405 Å². The van der Waals surface area contributed by atoms with Crippen LogP contribution in [0.5, 0.6) is 0 Å². The summed E-state index contributed by atoms with van der Waals surface area (Å²) in [4.78, 5) is 24.6. The molecule has 0 aliphatic rings. The van der Waals surface area contributed by atoms with Crippen LogP contribution in [0.1, 0.15) is 393 Å². The number of nitrogens with one attached hydrogen (secondary N) is 1. The number of hydrogen-bond acceptors (Lipinski definition) is 5. The number of esters is 1. The molecule has 2 atom stereocenters. The van der Waals surface area contributed by atoms with Crippen molar-refractivity contribution in [2.24, 2.45) is 0 Å². The van der Waals surface area contributed by atoms with E-state index >= 15 is 0 Å². The lowest BCUT2D eigenvalue weighted by Crippen LogP contribution is -2.45. The van der Waals surface area contributed by atoms with Crippen LogP contribution < -0.4 is 5.32 Å². The molecule has 6 heteroatoms. The maximum absolute atomic E-state index is 12.5. The molecule has 6 nitrogen and oxygen atoms in total. The van der Waals surface area contributed by atoms with Crippen LogP contribution in [0.15, 0.2) is 12.2 Å². The van der Waals surface area contributed by atoms with Crippen molar-refractivity contribution in [2.75, 3.05) is 13.2 Å². The summed E-state index contributed by atoms with van der Waals surface area (Å²) < 4.78 is 5.50. The van der Waals surface area contributed by atoms with E-state index in [1.165, 1.54) is 321 Å². The summed E-state index contributed by atoms with van der Waals surface area (Å²) in [6, 6.07) is -0.543. The number of aliphatic hydroxyl groups excluding tert-OH is 2. The van der Waals surface area contributed by atoms with Crippen molar-refractivity contribution >= 4 is 11.9 Å². The zero-order valence-corrected chi connectivity index (χ0v) is 51.1. The van der Waals surface area contributed by atoms with Gasteiger partial charge in [0.25, 0.3) is 0 Å². The Hall–Kier alpha value is -1.40. The number of carbonyl (C=O) groups is 2. The molecule has 0 rings (SSSR count). The second-order valence-electron chi connectivity index (χ2n) is 23.9. The van der Waals surface area contributed by atoms with Gasteiger partial charge in [0.05, 0.1) is 25.4 Å². The van der Waals surface area contributed by atoms with E-state index in [4.69, 9.17) is 4.74 Å². The standard InChI is InChI=1S/C69H135NO5/c1-3-5-7-9-11-13-15-17-19-30-33-37-41-45-49-53-57-61-67(72)66(65-71)70-68(73)62-58-54-50-46-42-38-34-31-28-26-24-22-21-23-25-27-29-32-36-40-44-48-52-56-60-64-75-69(74)63-59-55-51-47-43-39-35-20-18-16-14-12-10-8-6-4-2/h22,24,66-67,71-72H,3-21,23,25-65H2,1-2H3,(H,70,73)/b24-22-. The lowest BCUT2D eigenvalue weighted by molar-refractivity contribution is -0.143. The number of hydrogen-bond donors (Lipinski definition) is 3. The van der Waals surface area contributed by atoms with E-state index in [0.29, 0.717) is 25.9 Å². The zero-order chi connectivity index (χ0) is 54.3. The predicted octanol–water partition coefficient (Wildman–Crippen LogP) is 22.0. The molecule has 0 heterocycles. The molecule has 0 aromatic carbocycles. The van der Waals surface area contributed by atoms with E-state index in [2.05, 4.69) is 31.3 Å². The highest BCUT2D eigenvalue weighted by molar-refractivity contribution is 5.76. The van der Waals surface area contributed by atoms with Crippen molar-refractivity contribution in [1.29, 1.82) is 0 Å². The van der Waals surface area contributed by atoms with Gasteiger partial charge >= 0.3 is 5.97 Å². The van der Waals surface area contributed by atoms with Crippen molar-refractivity contribution in [1.82, 2.24) is 5.32 Å². The van der Waals surface area contributed by atoms with Gasteiger partial charge in [-0.3, -0.25) is 9.59 Å². The van der Waals surface area contributed by atoms with Gasteiger partial charge in [0.15, 0.2) is 0 Å². The first kappa shape index (κ1) is 73.6. The first-order chi connectivity index (χ1) is 37.0. The number of ether oxygens (including phenoxy) is 1. The summed E-state index contributed by atoms with van der Waals surface area (Å²) in [5, 5.41) is 23.4. The SMILES string of the molecule is CCCCCCCCCCCCCCCCCCCC(O)C(CO)NC(=O)CCCCCCCCCCC/C=C\CCCCCCCCCCCCCCOC(=O)CCCCCCCCCCCCCCCCCC. The fraction of sp³-hybridized carbons (Fsp3) is 0.942. The molecule has 2 unspecified atom stereocenters. The van der Waals surface area contributed by atoms with Crippen molar-refractivity contribution in [3.05, 3.63) is 12.2 Å². The second-order valence-corrected chi connectivity index (χ2v) is 23.9. The Bertz CT molecular complexity index is 1130. The molecule has 0 aliphatic heterocycles. The average molecular weight is 1060 g/mol. The van der Waals surface area contributed by atoms with Gasteiger partial charge in [-0.25, -0.2) is 0 Å². The molecule has 446 valence electrons. The van der Waals surface area contributed by atoms with E-state index in [1.54, 1.807) is 0 Å². The maximum Gasteiger partial charge on any atom is 0.305 e. The topological polar surface area (TPSA) is 95.9 Å².